The number of carbonyl (C=O) groups excluding carboxylic acids is 2. The SMILES string of the molecule is CNC(=O)NC(=O)[C@H](C)Sc1nnc(Cc2cccs2)n1C1CCCCC1. The summed E-state index contributed by atoms with van der Waals surface area (Å²) < 4.78 is 2.23. The van der Waals surface area contributed by atoms with E-state index in [1.165, 1.54) is 42.9 Å². The van der Waals surface area contributed by atoms with Crippen molar-refractivity contribution in [2.75, 3.05) is 7.05 Å². The Morgan fingerprint density at radius 3 is 2.78 bits per heavy atom. The number of imide groups is 1. The summed E-state index contributed by atoms with van der Waals surface area (Å²) in [5, 5.41) is 15.9. The maximum Gasteiger partial charge on any atom is 0.321 e. The molecule has 0 aliphatic heterocycles. The van der Waals surface area contributed by atoms with Gasteiger partial charge in [0.2, 0.25) is 5.91 Å². The normalized spacial score (nSPS) is 16.1. The average Bonchev–Trinajstić information content (AvgIpc) is 3.32. The number of rotatable bonds is 6. The highest BCUT2D eigenvalue weighted by molar-refractivity contribution is 8.00. The molecule has 2 N–H and O–H groups in total. The maximum atomic E-state index is 12.2. The Bertz CT molecular complexity index is 769. The van der Waals surface area contributed by atoms with Crippen LogP contribution in [0.4, 0.5) is 4.79 Å². The van der Waals surface area contributed by atoms with E-state index in [1.807, 2.05) is 6.07 Å². The van der Waals surface area contributed by atoms with E-state index in [1.54, 1.807) is 18.3 Å². The number of nitrogens with zero attached hydrogens (tertiary/aromatic N) is 3. The van der Waals surface area contributed by atoms with Crippen LogP contribution < -0.4 is 10.6 Å². The lowest BCUT2D eigenvalue weighted by Gasteiger charge is -2.26. The van der Waals surface area contributed by atoms with E-state index < -0.39 is 11.3 Å². The second kappa shape index (κ2) is 9.36. The fourth-order valence-electron chi connectivity index (χ4n) is 3.27. The van der Waals surface area contributed by atoms with Crippen LogP contribution in [0, 0.1) is 0 Å². The van der Waals surface area contributed by atoms with Crippen LogP contribution in [0.1, 0.15) is 55.8 Å². The van der Waals surface area contributed by atoms with Crippen molar-refractivity contribution in [3.05, 3.63) is 28.2 Å². The quantitative estimate of drug-likeness (QED) is 0.717. The Labute approximate surface area is 167 Å². The molecule has 0 spiro atoms. The minimum absolute atomic E-state index is 0.336. The third-order valence-electron chi connectivity index (χ3n) is 4.70. The highest BCUT2D eigenvalue weighted by Crippen LogP contribution is 2.34. The van der Waals surface area contributed by atoms with Gasteiger partial charge < -0.3 is 9.88 Å². The minimum atomic E-state index is -0.500. The van der Waals surface area contributed by atoms with Gasteiger partial charge in [-0.05, 0) is 31.2 Å². The molecule has 1 fully saturated rings. The van der Waals surface area contributed by atoms with Crippen LogP contribution in [0.25, 0.3) is 0 Å². The molecule has 0 saturated heterocycles. The molecule has 3 amide bonds. The molecule has 27 heavy (non-hydrogen) atoms. The number of thiophene rings is 1. The molecule has 0 aromatic carbocycles. The van der Waals surface area contributed by atoms with Gasteiger partial charge in [-0.2, -0.15) is 0 Å². The van der Waals surface area contributed by atoms with Gasteiger partial charge in [-0.25, -0.2) is 4.79 Å². The minimum Gasteiger partial charge on any atom is -0.341 e. The first kappa shape index (κ1) is 19.9. The van der Waals surface area contributed by atoms with E-state index in [2.05, 4.69) is 36.8 Å². The zero-order valence-corrected chi connectivity index (χ0v) is 17.2. The van der Waals surface area contributed by atoms with Gasteiger partial charge in [0.1, 0.15) is 5.82 Å². The number of urea groups is 1. The van der Waals surface area contributed by atoms with Crippen molar-refractivity contribution < 1.29 is 9.59 Å². The Kier molecular flexibility index (Phi) is 6.89. The van der Waals surface area contributed by atoms with Gasteiger partial charge in [-0.15, -0.1) is 21.5 Å². The van der Waals surface area contributed by atoms with Crippen LogP contribution in [0.15, 0.2) is 22.7 Å². The molecule has 1 saturated carbocycles. The highest BCUT2D eigenvalue weighted by Gasteiger charge is 2.26. The van der Waals surface area contributed by atoms with Crippen molar-refractivity contribution in [2.45, 2.75) is 61.9 Å². The van der Waals surface area contributed by atoms with Crippen LogP contribution in [0.3, 0.4) is 0 Å². The van der Waals surface area contributed by atoms with Crippen LogP contribution in [-0.4, -0.2) is 39.0 Å². The summed E-state index contributed by atoms with van der Waals surface area (Å²) in [6.45, 7) is 1.78. The molecular weight excluding hydrogens is 382 g/mol. The van der Waals surface area contributed by atoms with Crippen molar-refractivity contribution in [3.63, 3.8) is 0 Å². The molecular formula is C18H25N5O2S2. The maximum absolute atomic E-state index is 12.2. The van der Waals surface area contributed by atoms with Gasteiger partial charge in [0.15, 0.2) is 5.16 Å². The highest BCUT2D eigenvalue weighted by atomic mass is 32.2. The monoisotopic (exact) mass is 407 g/mol. The fourth-order valence-corrected chi connectivity index (χ4v) is 4.91. The van der Waals surface area contributed by atoms with Crippen LogP contribution >= 0.6 is 23.1 Å². The number of hydrogen-bond donors (Lipinski definition) is 2. The number of nitrogens with one attached hydrogen (secondary N) is 2. The molecule has 146 valence electrons. The van der Waals surface area contributed by atoms with Gasteiger partial charge in [0.25, 0.3) is 0 Å². The molecule has 0 unspecified atom stereocenters. The van der Waals surface area contributed by atoms with Gasteiger partial charge in [-0.3, -0.25) is 10.1 Å². The smallest absolute Gasteiger partial charge is 0.321 e. The zero-order valence-electron chi connectivity index (χ0n) is 15.6. The van der Waals surface area contributed by atoms with Crippen LogP contribution in [0.5, 0.6) is 0 Å². The Hall–Kier alpha value is -1.87. The average molecular weight is 408 g/mol. The van der Waals surface area contributed by atoms with Gasteiger partial charge in [-0.1, -0.05) is 37.1 Å². The number of amides is 3. The van der Waals surface area contributed by atoms with Crippen molar-refractivity contribution >= 4 is 35.0 Å². The van der Waals surface area contributed by atoms with E-state index in [4.69, 9.17) is 0 Å². The predicted molar refractivity (Wildman–Crippen MR) is 107 cm³/mol. The standard InChI is InChI=1S/C18H25N5O2S2/c1-12(16(24)20-17(25)19-2)27-18-22-21-15(11-14-9-6-10-26-14)23(18)13-7-4-3-5-8-13/h6,9-10,12-13H,3-5,7-8,11H2,1-2H3,(H2,19,20,24,25)/t12-/m0/s1. The Morgan fingerprint density at radius 2 is 2.11 bits per heavy atom. The van der Waals surface area contributed by atoms with Crippen molar-refractivity contribution in [3.8, 4) is 0 Å². The summed E-state index contributed by atoms with van der Waals surface area (Å²) >= 11 is 3.07. The molecule has 2 heterocycles. The fraction of sp³-hybridized carbons (Fsp3) is 0.556. The molecule has 2 aromatic heterocycles. The number of hydrogen-bond acceptors (Lipinski definition) is 6. The first-order valence-electron chi connectivity index (χ1n) is 9.24. The zero-order chi connectivity index (χ0) is 19.2. The van der Waals surface area contributed by atoms with Crippen molar-refractivity contribution in [1.29, 1.82) is 0 Å². The van der Waals surface area contributed by atoms with Crippen LogP contribution in [0.2, 0.25) is 0 Å². The molecule has 3 rings (SSSR count). The lowest BCUT2D eigenvalue weighted by atomic mass is 9.95. The molecule has 2 aromatic rings. The van der Waals surface area contributed by atoms with Crippen LogP contribution in [-0.2, 0) is 11.2 Å². The van der Waals surface area contributed by atoms with E-state index >= 15 is 0 Å². The summed E-state index contributed by atoms with van der Waals surface area (Å²) in [6.07, 6.45) is 6.66. The second-order valence-corrected chi connectivity index (χ2v) is 8.99. The molecule has 1 aliphatic carbocycles. The molecule has 9 heteroatoms. The molecule has 1 aliphatic rings. The van der Waals surface area contributed by atoms with Crippen molar-refractivity contribution in [2.24, 2.45) is 0 Å². The molecule has 1 atom stereocenters. The Balaban J connectivity index is 1.80. The van der Waals surface area contributed by atoms with E-state index in [9.17, 15) is 9.59 Å². The molecule has 7 nitrogen and oxygen atoms in total. The third-order valence-corrected chi connectivity index (χ3v) is 6.64. The summed E-state index contributed by atoms with van der Waals surface area (Å²) in [5.41, 5.74) is 0. The summed E-state index contributed by atoms with van der Waals surface area (Å²) in [7, 11) is 1.48. The first-order valence-corrected chi connectivity index (χ1v) is 11.0. The molecule has 0 radical (unpaired) electrons. The van der Waals surface area contributed by atoms with E-state index in [0.29, 0.717) is 6.04 Å². The summed E-state index contributed by atoms with van der Waals surface area (Å²) in [6, 6.07) is 4.03. The number of aromatic nitrogens is 3. The Morgan fingerprint density at radius 1 is 1.33 bits per heavy atom. The van der Waals surface area contributed by atoms with Gasteiger partial charge in [0, 0.05) is 24.4 Å². The lowest BCUT2D eigenvalue weighted by Crippen LogP contribution is -2.41. The van der Waals surface area contributed by atoms with Crippen molar-refractivity contribution in [1.82, 2.24) is 25.4 Å². The second-order valence-electron chi connectivity index (χ2n) is 6.65. The van der Waals surface area contributed by atoms with E-state index in [-0.39, 0.29) is 5.91 Å². The van der Waals surface area contributed by atoms with Gasteiger partial charge >= 0.3 is 6.03 Å². The van der Waals surface area contributed by atoms with E-state index in [0.717, 1.165) is 30.2 Å². The number of thioether (sulfide) groups is 1. The first-order chi connectivity index (χ1) is 13.1. The predicted octanol–water partition coefficient (Wildman–Crippen LogP) is 3.37. The topological polar surface area (TPSA) is 88.9 Å². The largest absolute Gasteiger partial charge is 0.341 e. The van der Waals surface area contributed by atoms with Gasteiger partial charge in [0.05, 0.1) is 5.25 Å². The summed E-state index contributed by atoms with van der Waals surface area (Å²) in [4.78, 5) is 24.9. The molecule has 0 bridgehead atoms. The summed E-state index contributed by atoms with van der Waals surface area (Å²) in [5.74, 6) is 0.614. The third kappa shape index (κ3) is 5.10. The lowest BCUT2D eigenvalue weighted by molar-refractivity contribution is -0.119. The number of carbonyl (C=O) groups is 2.